The van der Waals surface area contributed by atoms with Gasteiger partial charge in [0.1, 0.15) is 6.10 Å². The van der Waals surface area contributed by atoms with Crippen LogP contribution < -0.4 is 5.32 Å². The van der Waals surface area contributed by atoms with Crippen molar-refractivity contribution < 1.29 is 14.3 Å². The zero-order valence-electron chi connectivity index (χ0n) is 29.7. The summed E-state index contributed by atoms with van der Waals surface area (Å²) in [5, 5.41) is 3.46. The fourth-order valence-electron chi connectivity index (χ4n) is 12.7. The first-order valence-corrected chi connectivity index (χ1v) is 18.5. The molecule has 8 atom stereocenters. The second kappa shape index (κ2) is 10.9. The van der Waals surface area contributed by atoms with Gasteiger partial charge in [-0.25, -0.2) is 4.79 Å². The van der Waals surface area contributed by atoms with E-state index >= 15 is 0 Å². The highest BCUT2D eigenvalue weighted by Gasteiger charge is 2.69. The summed E-state index contributed by atoms with van der Waals surface area (Å²) in [5.41, 5.74) is 2.56. The van der Waals surface area contributed by atoms with Crippen molar-refractivity contribution in [2.24, 2.45) is 50.2 Å². The molecule has 6 nitrogen and oxygen atoms in total. The number of nitrogens with one attached hydrogen (secondary N) is 1. The van der Waals surface area contributed by atoms with Crippen molar-refractivity contribution in [2.45, 2.75) is 119 Å². The number of hydrogen-bond donors (Lipinski definition) is 1. The van der Waals surface area contributed by atoms with Crippen LogP contribution in [0.1, 0.15) is 123 Å². The van der Waals surface area contributed by atoms with E-state index in [1.165, 1.54) is 12.8 Å². The molecule has 0 aromatic carbocycles. The number of allylic oxidation sites excluding steroid dienone is 2. The summed E-state index contributed by atoms with van der Waals surface area (Å²) in [6.07, 6.45) is 16.8. The van der Waals surface area contributed by atoms with Gasteiger partial charge in [0.25, 0.3) is 0 Å². The SMILES string of the molecule is CC1(C)CC[C@]2(C(=O)N3CCNCC3)CC[C@]3(C)C(=CC[C@@H]4[C@@]5(C)CC[C@H](OC(=O)c6cccnc6)C(C)(C)[C@@H]5CC[C@]43C)[C@@H]2C1. The van der Waals surface area contributed by atoms with Crippen LogP contribution in [0.15, 0.2) is 36.2 Å². The molecule has 0 radical (unpaired) electrons. The fourth-order valence-corrected chi connectivity index (χ4v) is 12.7. The van der Waals surface area contributed by atoms with E-state index < -0.39 is 0 Å². The quantitative estimate of drug-likeness (QED) is 0.273. The molecule has 6 aliphatic rings. The molecule has 1 aromatic heterocycles. The Labute approximate surface area is 277 Å². The van der Waals surface area contributed by atoms with Crippen molar-refractivity contribution >= 4 is 11.9 Å². The molecular formula is C40H59N3O3. The van der Waals surface area contributed by atoms with Gasteiger partial charge in [-0.3, -0.25) is 9.78 Å². The number of carbonyl (C=O) groups excluding carboxylic acids is 2. The number of piperazine rings is 1. The molecule has 5 aliphatic carbocycles. The summed E-state index contributed by atoms with van der Waals surface area (Å²) in [6, 6.07) is 3.61. The van der Waals surface area contributed by atoms with E-state index in [9.17, 15) is 9.59 Å². The van der Waals surface area contributed by atoms with Gasteiger partial charge in [0, 0.05) is 44.0 Å². The number of fused-ring (bicyclic) bond motifs is 7. The Bertz CT molecular complexity index is 1400. The van der Waals surface area contributed by atoms with Crippen LogP contribution in [0.25, 0.3) is 0 Å². The average Bonchev–Trinajstić information content (AvgIpc) is 3.03. The molecule has 1 aliphatic heterocycles. The lowest BCUT2D eigenvalue weighted by Gasteiger charge is -2.71. The predicted octanol–water partition coefficient (Wildman–Crippen LogP) is 7.84. The van der Waals surface area contributed by atoms with Crippen molar-refractivity contribution in [1.29, 1.82) is 0 Å². The number of pyridine rings is 1. The van der Waals surface area contributed by atoms with Crippen LogP contribution in [-0.2, 0) is 9.53 Å². The first kappa shape index (κ1) is 32.3. The van der Waals surface area contributed by atoms with Crippen LogP contribution in [0.5, 0.6) is 0 Å². The Balaban J connectivity index is 1.20. The van der Waals surface area contributed by atoms with Crippen molar-refractivity contribution in [3.8, 4) is 0 Å². The van der Waals surface area contributed by atoms with Gasteiger partial charge >= 0.3 is 5.97 Å². The fraction of sp³-hybridized carbons (Fsp3) is 0.775. The number of carbonyl (C=O) groups is 2. The highest BCUT2D eigenvalue weighted by Crippen LogP contribution is 2.76. The third kappa shape index (κ3) is 4.61. The average molecular weight is 630 g/mol. The maximum absolute atomic E-state index is 14.6. The molecule has 4 saturated carbocycles. The monoisotopic (exact) mass is 629 g/mol. The van der Waals surface area contributed by atoms with Crippen LogP contribution >= 0.6 is 0 Å². The van der Waals surface area contributed by atoms with E-state index in [2.05, 4.69) is 69.7 Å². The molecule has 5 fully saturated rings. The predicted molar refractivity (Wildman–Crippen MR) is 182 cm³/mol. The van der Waals surface area contributed by atoms with Gasteiger partial charge in [0.05, 0.1) is 11.0 Å². The maximum atomic E-state index is 14.6. The molecule has 1 amide bonds. The van der Waals surface area contributed by atoms with E-state index in [0.717, 1.165) is 77.5 Å². The number of rotatable bonds is 3. The zero-order valence-corrected chi connectivity index (χ0v) is 29.7. The summed E-state index contributed by atoms with van der Waals surface area (Å²) in [7, 11) is 0. The Morgan fingerprint density at radius 1 is 0.913 bits per heavy atom. The van der Waals surface area contributed by atoms with Crippen molar-refractivity contribution in [3.05, 3.63) is 41.7 Å². The lowest BCUT2D eigenvalue weighted by Crippen LogP contribution is -2.66. The Hall–Kier alpha value is -2.21. The lowest BCUT2D eigenvalue weighted by atomic mass is 9.33. The second-order valence-electron chi connectivity index (χ2n) is 18.4. The smallest absolute Gasteiger partial charge is 0.339 e. The van der Waals surface area contributed by atoms with Crippen LogP contribution in [0.3, 0.4) is 0 Å². The van der Waals surface area contributed by atoms with E-state index in [1.54, 1.807) is 30.1 Å². The third-order valence-corrected chi connectivity index (χ3v) is 15.6. The van der Waals surface area contributed by atoms with Gasteiger partial charge in [0.2, 0.25) is 5.91 Å². The van der Waals surface area contributed by atoms with E-state index in [1.807, 2.05) is 0 Å². The summed E-state index contributed by atoms with van der Waals surface area (Å²) >= 11 is 0. The van der Waals surface area contributed by atoms with Gasteiger partial charge in [-0.1, -0.05) is 60.1 Å². The highest BCUT2D eigenvalue weighted by atomic mass is 16.5. The van der Waals surface area contributed by atoms with Crippen LogP contribution in [0.4, 0.5) is 0 Å². The number of nitrogens with zero attached hydrogens (tertiary/aromatic N) is 2. The van der Waals surface area contributed by atoms with Crippen molar-refractivity contribution in [3.63, 3.8) is 0 Å². The molecule has 6 heteroatoms. The molecule has 0 unspecified atom stereocenters. The normalized spacial score (nSPS) is 42.8. The number of esters is 1. The molecule has 7 rings (SSSR count). The van der Waals surface area contributed by atoms with Gasteiger partial charge in [-0.05, 0) is 116 Å². The Morgan fingerprint density at radius 2 is 1.65 bits per heavy atom. The molecule has 252 valence electrons. The molecule has 1 N–H and O–H groups in total. The van der Waals surface area contributed by atoms with Crippen molar-refractivity contribution in [1.82, 2.24) is 15.2 Å². The van der Waals surface area contributed by atoms with E-state index in [-0.39, 0.29) is 44.6 Å². The molecule has 0 spiro atoms. The van der Waals surface area contributed by atoms with Gasteiger partial charge < -0.3 is 15.0 Å². The minimum atomic E-state index is -0.246. The third-order valence-electron chi connectivity index (χ3n) is 15.6. The van der Waals surface area contributed by atoms with E-state index in [4.69, 9.17) is 4.74 Å². The van der Waals surface area contributed by atoms with Gasteiger partial charge in [0.15, 0.2) is 0 Å². The summed E-state index contributed by atoms with van der Waals surface area (Å²) < 4.78 is 6.29. The highest BCUT2D eigenvalue weighted by molar-refractivity contribution is 5.89. The first-order valence-electron chi connectivity index (χ1n) is 18.5. The summed E-state index contributed by atoms with van der Waals surface area (Å²) in [5.74, 6) is 1.63. The largest absolute Gasteiger partial charge is 0.458 e. The Kier molecular flexibility index (Phi) is 7.67. The maximum Gasteiger partial charge on any atom is 0.339 e. The van der Waals surface area contributed by atoms with Gasteiger partial charge in [-0.15, -0.1) is 0 Å². The molecule has 2 heterocycles. The summed E-state index contributed by atoms with van der Waals surface area (Å²) in [4.78, 5) is 34.1. The molecular weight excluding hydrogens is 570 g/mol. The number of amides is 1. The topological polar surface area (TPSA) is 71.5 Å². The number of hydrogen-bond acceptors (Lipinski definition) is 5. The standard InChI is InChI=1S/C40H59N3O3/c1-35(2)16-18-40(34(45)43-23-21-41-22-24-43)19-17-38(6)28(29(40)25-35)10-11-31-37(5)14-13-32(46-33(44)27-9-8-20-42-26-27)36(3,4)30(37)12-15-39(31,38)7/h8-10,20,26,29-32,41H,11-19,21-25H2,1-7H3/t29-,30-,31+,32-,37-,38+,39+,40-/m0/s1. The minimum Gasteiger partial charge on any atom is -0.458 e. The first-order chi connectivity index (χ1) is 21.7. The number of ether oxygens (including phenoxy) is 1. The van der Waals surface area contributed by atoms with Gasteiger partial charge in [-0.2, -0.15) is 0 Å². The van der Waals surface area contributed by atoms with Crippen LogP contribution in [-0.4, -0.2) is 54.0 Å². The second-order valence-corrected chi connectivity index (χ2v) is 18.4. The molecule has 46 heavy (non-hydrogen) atoms. The van der Waals surface area contributed by atoms with Crippen molar-refractivity contribution in [2.75, 3.05) is 26.2 Å². The lowest BCUT2D eigenvalue weighted by molar-refractivity contribution is -0.205. The molecule has 1 saturated heterocycles. The molecule has 0 bridgehead atoms. The van der Waals surface area contributed by atoms with Crippen LogP contribution in [0.2, 0.25) is 0 Å². The minimum absolute atomic E-state index is 0.0938. The Morgan fingerprint density at radius 3 is 2.37 bits per heavy atom. The van der Waals surface area contributed by atoms with Crippen LogP contribution in [0, 0.1) is 50.2 Å². The molecule has 1 aromatic rings. The van der Waals surface area contributed by atoms with E-state index in [0.29, 0.717) is 29.2 Å². The zero-order chi connectivity index (χ0) is 32.8. The summed E-state index contributed by atoms with van der Waals surface area (Å²) in [6.45, 7) is 21.0. The number of aromatic nitrogens is 1.